The van der Waals surface area contributed by atoms with Crippen molar-refractivity contribution >= 4 is 7.85 Å². The SMILES string of the molecule is [B]C(C)(CCCCCCCC)CCC(C)CC. The fourth-order valence-electron chi connectivity index (χ4n) is 2.21. The largest absolute Gasteiger partial charge is 0.0742 e. The number of hydrogen-bond acceptors (Lipinski definition) is 0. The zero-order valence-corrected chi connectivity index (χ0v) is 12.7. The molecule has 0 nitrogen and oxygen atoms in total. The van der Waals surface area contributed by atoms with Gasteiger partial charge in [0.1, 0.15) is 0 Å². The van der Waals surface area contributed by atoms with Crippen LogP contribution in [0.25, 0.3) is 0 Å². The molecule has 0 bridgehead atoms. The van der Waals surface area contributed by atoms with Crippen LogP contribution in [0.2, 0.25) is 5.31 Å². The molecule has 0 fully saturated rings. The second-order valence-corrected chi connectivity index (χ2v) is 6.22. The molecule has 0 aliphatic carbocycles. The monoisotopic (exact) mass is 236 g/mol. The summed E-state index contributed by atoms with van der Waals surface area (Å²) in [5, 5.41) is 0.0776. The Bertz CT molecular complexity index is 163. The molecule has 0 aromatic carbocycles. The second-order valence-electron chi connectivity index (χ2n) is 6.22. The van der Waals surface area contributed by atoms with E-state index in [1.54, 1.807) is 0 Å². The Morgan fingerprint density at radius 1 is 0.941 bits per heavy atom. The van der Waals surface area contributed by atoms with Crippen LogP contribution in [0, 0.1) is 5.92 Å². The third-order valence-electron chi connectivity index (χ3n) is 4.01. The molecule has 0 rings (SSSR count). The van der Waals surface area contributed by atoms with E-state index in [9.17, 15) is 0 Å². The van der Waals surface area contributed by atoms with Gasteiger partial charge in [-0.05, 0) is 5.92 Å². The van der Waals surface area contributed by atoms with Crippen LogP contribution in [0.1, 0.15) is 91.9 Å². The third kappa shape index (κ3) is 10.9. The van der Waals surface area contributed by atoms with Gasteiger partial charge in [-0.2, -0.15) is 0 Å². The molecule has 0 saturated heterocycles. The average molecular weight is 236 g/mol. The molecule has 100 valence electrons. The maximum absolute atomic E-state index is 6.36. The Morgan fingerprint density at radius 3 is 2.12 bits per heavy atom. The van der Waals surface area contributed by atoms with Crippen LogP contribution >= 0.6 is 0 Å². The number of hydrogen-bond donors (Lipinski definition) is 0. The average Bonchev–Trinajstić information content (AvgIpc) is 2.30. The molecule has 0 saturated carbocycles. The van der Waals surface area contributed by atoms with E-state index in [1.165, 1.54) is 64.2 Å². The van der Waals surface area contributed by atoms with Gasteiger partial charge in [0, 0.05) is 0 Å². The van der Waals surface area contributed by atoms with E-state index >= 15 is 0 Å². The molecular formula is C16H33B. The first-order valence-corrected chi connectivity index (χ1v) is 7.80. The van der Waals surface area contributed by atoms with Crippen molar-refractivity contribution in [3.8, 4) is 0 Å². The van der Waals surface area contributed by atoms with Crippen LogP contribution in [0.15, 0.2) is 0 Å². The molecule has 2 atom stereocenters. The first kappa shape index (κ1) is 17.1. The van der Waals surface area contributed by atoms with Crippen molar-refractivity contribution in [3.63, 3.8) is 0 Å². The van der Waals surface area contributed by atoms with E-state index in [2.05, 4.69) is 27.7 Å². The van der Waals surface area contributed by atoms with E-state index in [-0.39, 0.29) is 5.31 Å². The minimum Gasteiger partial charge on any atom is -0.0688 e. The minimum atomic E-state index is 0.0776. The number of unbranched alkanes of at least 4 members (excludes halogenated alkanes) is 5. The highest BCUT2D eigenvalue weighted by Crippen LogP contribution is 2.35. The van der Waals surface area contributed by atoms with E-state index < -0.39 is 0 Å². The molecule has 0 aromatic heterocycles. The molecule has 17 heavy (non-hydrogen) atoms. The Balaban J connectivity index is 3.49. The summed E-state index contributed by atoms with van der Waals surface area (Å²) in [7, 11) is 6.36. The third-order valence-corrected chi connectivity index (χ3v) is 4.01. The van der Waals surface area contributed by atoms with Crippen LogP contribution in [0.3, 0.4) is 0 Å². The van der Waals surface area contributed by atoms with Gasteiger partial charge < -0.3 is 0 Å². The summed E-state index contributed by atoms with van der Waals surface area (Å²) in [6.45, 7) is 9.11. The second kappa shape index (κ2) is 10.0. The Hall–Kier alpha value is 0.0649. The lowest BCUT2D eigenvalue weighted by molar-refractivity contribution is 0.407. The van der Waals surface area contributed by atoms with Gasteiger partial charge in [-0.15, -0.1) is 0 Å². The lowest BCUT2D eigenvalue weighted by Crippen LogP contribution is -2.10. The van der Waals surface area contributed by atoms with E-state index in [0.29, 0.717) is 0 Å². The lowest BCUT2D eigenvalue weighted by atomic mass is 9.64. The Morgan fingerprint density at radius 2 is 1.53 bits per heavy atom. The summed E-state index contributed by atoms with van der Waals surface area (Å²) in [6, 6.07) is 0. The summed E-state index contributed by atoms with van der Waals surface area (Å²) >= 11 is 0. The Labute approximate surface area is 111 Å². The van der Waals surface area contributed by atoms with Crippen molar-refractivity contribution in [3.05, 3.63) is 0 Å². The zero-order chi connectivity index (χ0) is 13.1. The highest BCUT2D eigenvalue weighted by atomic mass is 14.2. The van der Waals surface area contributed by atoms with E-state index in [0.717, 1.165) is 5.92 Å². The molecule has 0 aromatic rings. The molecule has 0 N–H and O–H groups in total. The van der Waals surface area contributed by atoms with Crippen molar-refractivity contribution in [1.29, 1.82) is 0 Å². The molecule has 0 heterocycles. The first-order chi connectivity index (χ1) is 8.02. The van der Waals surface area contributed by atoms with E-state index in [4.69, 9.17) is 7.85 Å². The molecule has 0 aliphatic heterocycles. The van der Waals surface area contributed by atoms with Gasteiger partial charge in [0.15, 0.2) is 0 Å². The molecular weight excluding hydrogens is 203 g/mol. The van der Waals surface area contributed by atoms with E-state index in [1.807, 2.05) is 0 Å². The molecule has 2 unspecified atom stereocenters. The van der Waals surface area contributed by atoms with Crippen LogP contribution in [0.5, 0.6) is 0 Å². The highest BCUT2D eigenvalue weighted by Gasteiger charge is 2.17. The zero-order valence-electron chi connectivity index (χ0n) is 12.7. The van der Waals surface area contributed by atoms with Gasteiger partial charge in [0.2, 0.25) is 0 Å². The smallest absolute Gasteiger partial charge is 0.0688 e. The van der Waals surface area contributed by atoms with Crippen LogP contribution in [0.4, 0.5) is 0 Å². The van der Waals surface area contributed by atoms with Crippen molar-refractivity contribution in [2.45, 2.75) is 97.2 Å². The summed E-state index contributed by atoms with van der Waals surface area (Å²) < 4.78 is 0. The maximum atomic E-state index is 6.36. The fourth-order valence-corrected chi connectivity index (χ4v) is 2.21. The van der Waals surface area contributed by atoms with Crippen molar-refractivity contribution in [2.24, 2.45) is 5.92 Å². The van der Waals surface area contributed by atoms with Gasteiger partial charge >= 0.3 is 0 Å². The molecule has 0 amide bonds. The van der Waals surface area contributed by atoms with Crippen molar-refractivity contribution < 1.29 is 0 Å². The molecule has 1 heteroatoms. The standard InChI is InChI=1S/C16H33B/c1-5-7-8-9-10-11-13-16(4,17)14-12-15(3)6-2/h15H,5-14H2,1-4H3. The predicted molar refractivity (Wildman–Crippen MR) is 80.8 cm³/mol. The molecule has 0 aliphatic rings. The minimum absolute atomic E-state index is 0.0776. The van der Waals surface area contributed by atoms with Gasteiger partial charge in [-0.3, -0.25) is 0 Å². The van der Waals surface area contributed by atoms with Gasteiger partial charge in [-0.25, -0.2) is 0 Å². The first-order valence-electron chi connectivity index (χ1n) is 7.80. The topological polar surface area (TPSA) is 0 Å². The van der Waals surface area contributed by atoms with Crippen LogP contribution in [-0.4, -0.2) is 7.85 Å². The molecule has 2 radical (unpaired) electrons. The summed E-state index contributed by atoms with van der Waals surface area (Å²) in [5.41, 5.74) is 0. The fraction of sp³-hybridized carbons (Fsp3) is 1.00. The van der Waals surface area contributed by atoms with Gasteiger partial charge in [0.05, 0.1) is 7.85 Å². The van der Waals surface area contributed by atoms with Crippen molar-refractivity contribution in [1.82, 2.24) is 0 Å². The summed E-state index contributed by atoms with van der Waals surface area (Å²) in [6.07, 6.45) is 13.2. The quantitative estimate of drug-likeness (QED) is 0.309. The Kier molecular flexibility index (Phi) is 10.1. The maximum Gasteiger partial charge on any atom is 0.0742 e. The van der Waals surface area contributed by atoms with Crippen LogP contribution in [-0.2, 0) is 0 Å². The number of rotatable bonds is 11. The summed E-state index contributed by atoms with van der Waals surface area (Å²) in [4.78, 5) is 0. The summed E-state index contributed by atoms with van der Waals surface area (Å²) in [5.74, 6) is 0.836. The van der Waals surface area contributed by atoms with Crippen molar-refractivity contribution in [2.75, 3.05) is 0 Å². The normalized spacial score (nSPS) is 16.7. The lowest BCUT2D eigenvalue weighted by Gasteiger charge is -2.26. The van der Waals surface area contributed by atoms with Gasteiger partial charge in [0.25, 0.3) is 0 Å². The highest BCUT2D eigenvalue weighted by molar-refractivity contribution is 6.14. The van der Waals surface area contributed by atoms with Gasteiger partial charge in [-0.1, -0.05) is 97.2 Å². The molecule has 0 spiro atoms. The predicted octanol–water partition coefficient (Wildman–Crippen LogP) is 5.91. The van der Waals surface area contributed by atoms with Crippen LogP contribution < -0.4 is 0 Å².